The first-order valence-electron chi connectivity index (χ1n) is 3.11. The van der Waals surface area contributed by atoms with Gasteiger partial charge in [-0.25, -0.2) is 0 Å². The number of nitrogens with zero attached hydrogens (tertiary/aromatic N) is 1. The normalized spacial score (nSPS) is 43.8. The van der Waals surface area contributed by atoms with Crippen molar-refractivity contribution in [3.8, 4) is 0 Å². The molecule has 0 radical (unpaired) electrons. The predicted molar refractivity (Wildman–Crippen MR) is 29.6 cm³/mol. The lowest BCUT2D eigenvalue weighted by molar-refractivity contribution is -0.120. The summed E-state index contributed by atoms with van der Waals surface area (Å²) in [6, 6.07) is 0. The number of fused-ring (bicyclic) bond motifs is 2. The second-order valence-corrected chi connectivity index (χ2v) is 2.69. The number of hydrogen-bond acceptors (Lipinski definition) is 2. The van der Waals surface area contributed by atoms with Gasteiger partial charge >= 0.3 is 0 Å². The zero-order chi connectivity index (χ0) is 5.56. The van der Waals surface area contributed by atoms with Crippen molar-refractivity contribution in [3.63, 3.8) is 0 Å². The van der Waals surface area contributed by atoms with E-state index in [9.17, 15) is 4.79 Å². The molecule has 2 aliphatic rings. The first-order chi connectivity index (χ1) is 3.86. The third kappa shape index (κ3) is 0.436. The molecule has 2 fully saturated rings. The summed E-state index contributed by atoms with van der Waals surface area (Å²) in [4.78, 5) is 13.0. The van der Waals surface area contributed by atoms with E-state index >= 15 is 0 Å². The van der Waals surface area contributed by atoms with Crippen LogP contribution in [0, 0.1) is 5.92 Å². The van der Waals surface area contributed by atoms with Crippen LogP contribution in [0.5, 0.6) is 0 Å². The van der Waals surface area contributed by atoms with E-state index < -0.39 is 0 Å². The van der Waals surface area contributed by atoms with E-state index in [2.05, 4.69) is 4.90 Å². The van der Waals surface area contributed by atoms with Crippen LogP contribution < -0.4 is 0 Å². The largest absolute Gasteiger partial charge is 0.298 e. The maximum Gasteiger partial charge on any atom is 0.151 e. The van der Waals surface area contributed by atoms with Gasteiger partial charge < -0.3 is 0 Å². The molecule has 0 aromatic heterocycles. The number of piperidine rings is 1. The zero-order valence-electron chi connectivity index (χ0n) is 4.76. The number of ketones is 1. The summed E-state index contributed by atoms with van der Waals surface area (Å²) in [6.45, 7) is 2.96. The standard InChI is InChI=1S/C6H9NO/c8-6-4-7-2-1-5(6)3-7/h5H,1-4H2. The highest BCUT2D eigenvalue weighted by molar-refractivity contribution is 5.86. The number of rotatable bonds is 0. The van der Waals surface area contributed by atoms with Gasteiger partial charge in [0.25, 0.3) is 0 Å². The molecule has 0 aromatic rings. The molecule has 2 unspecified atom stereocenters. The van der Waals surface area contributed by atoms with Crippen molar-refractivity contribution in [3.05, 3.63) is 0 Å². The van der Waals surface area contributed by atoms with Crippen molar-refractivity contribution in [1.82, 2.24) is 4.90 Å². The molecule has 2 atom stereocenters. The summed E-state index contributed by atoms with van der Waals surface area (Å²) in [7, 11) is 0. The van der Waals surface area contributed by atoms with E-state index in [1.807, 2.05) is 0 Å². The monoisotopic (exact) mass is 111 g/mol. The van der Waals surface area contributed by atoms with Gasteiger partial charge in [-0.3, -0.25) is 9.69 Å². The van der Waals surface area contributed by atoms with Gasteiger partial charge in [0.1, 0.15) is 0 Å². The van der Waals surface area contributed by atoms with Crippen LogP contribution in [0.25, 0.3) is 0 Å². The summed E-state index contributed by atoms with van der Waals surface area (Å²) in [5.74, 6) is 0.895. The van der Waals surface area contributed by atoms with E-state index in [0.717, 1.165) is 26.1 Å². The van der Waals surface area contributed by atoms with E-state index in [1.165, 1.54) is 0 Å². The third-order valence-electron chi connectivity index (χ3n) is 2.11. The van der Waals surface area contributed by atoms with Gasteiger partial charge in [0, 0.05) is 12.5 Å². The molecule has 44 valence electrons. The Kier molecular flexibility index (Phi) is 0.742. The number of hydrogen-bond donors (Lipinski definition) is 0. The summed E-state index contributed by atoms with van der Waals surface area (Å²) < 4.78 is 0. The molecule has 2 rings (SSSR count). The quantitative estimate of drug-likeness (QED) is 0.434. The Labute approximate surface area is 48.5 Å². The van der Waals surface area contributed by atoms with Crippen LogP contribution in [-0.2, 0) is 4.79 Å². The minimum absolute atomic E-state index is 0.426. The van der Waals surface area contributed by atoms with Crippen molar-refractivity contribution in [2.45, 2.75) is 6.42 Å². The molecule has 0 N–H and O–H groups in total. The van der Waals surface area contributed by atoms with Crippen LogP contribution in [0.2, 0.25) is 0 Å². The molecule has 0 aliphatic carbocycles. The molecule has 0 amide bonds. The zero-order valence-corrected chi connectivity index (χ0v) is 4.76. The van der Waals surface area contributed by atoms with Crippen LogP contribution in [-0.4, -0.2) is 30.3 Å². The smallest absolute Gasteiger partial charge is 0.151 e. The van der Waals surface area contributed by atoms with Crippen LogP contribution >= 0.6 is 0 Å². The molecule has 2 saturated heterocycles. The molecular formula is C6H9NO. The lowest BCUT2D eigenvalue weighted by Gasteiger charge is -2.08. The topological polar surface area (TPSA) is 20.3 Å². The lowest BCUT2D eigenvalue weighted by Crippen LogP contribution is -2.22. The molecule has 0 saturated carbocycles. The fourth-order valence-corrected chi connectivity index (χ4v) is 1.59. The molecule has 2 nitrogen and oxygen atoms in total. The fraction of sp³-hybridized carbons (Fsp3) is 0.833. The van der Waals surface area contributed by atoms with Crippen molar-refractivity contribution < 1.29 is 4.79 Å². The van der Waals surface area contributed by atoms with Crippen LogP contribution in [0.1, 0.15) is 6.42 Å². The molecule has 2 bridgehead atoms. The molecule has 0 aromatic carbocycles. The second kappa shape index (κ2) is 1.32. The van der Waals surface area contributed by atoms with Gasteiger partial charge in [0.05, 0.1) is 6.54 Å². The van der Waals surface area contributed by atoms with Gasteiger partial charge in [0.15, 0.2) is 5.78 Å². The van der Waals surface area contributed by atoms with Crippen molar-refractivity contribution in [2.75, 3.05) is 19.6 Å². The van der Waals surface area contributed by atoms with E-state index in [0.29, 0.717) is 11.7 Å². The third-order valence-corrected chi connectivity index (χ3v) is 2.11. The first kappa shape index (κ1) is 4.50. The van der Waals surface area contributed by atoms with E-state index in [1.54, 1.807) is 0 Å². The molecular weight excluding hydrogens is 102 g/mol. The molecule has 0 spiro atoms. The molecule has 8 heavy (non-hydrogen) atoms. The van der Waals surface area contributed by atoms with Gasteiger partial charge in [-0.15, -0.1) is 0 Å². The summed E-state index contributed by atoms with van der Waals surface area (Å²) >= 11 is 0. The number of carbonyl (C=O) groups excluding carboxylic acids is 1. The van der Waals surface area contributed by atoms with Gasteiger partial charge in [0.2, 0.25) is 0 Å². The number of Topliss-reactive ketones (excluding diaryl/α,β-unsaturated/α-hetero) is 1. The first-order valence-corrected chi connectivity index (χ1v) is 3.11. The minimum atomic E-state index is 0.426. The average Bonchev–Trinajstić information content (AvgIpc) is 2.23. The second-order valence-electron chi connectivity index (χ2n) is 2.69. The number of carbonyl (C=O) groups is 1. The maximum atomic E-state index is 10.8. The summed E-state index contributed by atoms with van der Waals surface area (Å²) in [5, 5.41) is 0. The highest BCUT2D eigenvalue weighted by Gasteiger charge is 2.35. The predicted octanol–water partition coefficient (Wildman–Crippen LogP) is -0.109. The fourth-order valence-electron chi connectivity index (χ4n) is 1.59. The summed E-state index contributed by atoms with van der Waals surface area (Å²) in [6.07, 6.45) is 1.12. The van der Waals surface area contributed by atoms with E-state index in [4.69, 9.17) is 0 Å². The van der Waals surface area contributed by atoms with Crippen molar-refractivity contribution in [1.29, 1.82) is 0 Å². The molecule has 2 heteroatoms. The van der Waals surface area contributed by atoms with E-state index in [-0.39, 0.29) is 0 Å². The Balaban J connectivity index is 2.22. The van der Waals surface area contributed by atoms with Crippen molar-refractivity contribution in [2.24, 2.45) is 5.92 Å². The highest BCUT2D eigenvalue weighted by atomic mass is 16.1. The summed E-state index contributed by atoms with van der Waals surface area (Å²) in [5.41, 5.74) is 0. The minimum Gasteiger partial charge on any atom is -0.298 e. The lowest BCUT2D eigenvalue weighted by atomic mass is 10.1. The van der Waals surface area contributed by atoms with Gasteiger partial charge in [-0.05, 0) is 13.0 Å². The highest BCUT2D eigenvalue weighted by Crippen LogP contribution is 2.23. The Hall–Kier alpha value is -0.370. The Morgan fingerprint density at radius 3 is 2.75 bits per heavy atom. The SMILES string of the molecule is O=C1CN2CCC1C2. The van der Waals surface area contributed by atoms with Gasteiger partial charge in [-0.2, -0.15) is 0 Å². The Morgan fingerprint density at radius 1 is 1.62 bits per heavy atom. The average molecular weight is 111 g/mol. The molecule has 2 aliphatic heterocycles. The Bertz CT molecular complexity index is 132. The molecule has 2 heterocycles. The van der Waals surface area contributed by atoms with Crippen molar-refractivity contribution >= 4 is 5.78 Å². The van der Waals surface area contributed by atoms with Crippen LogP contribution in [0.3, 0.4) is 0 Å². The maximum absolute atomic E-state index is 10.8. The Morgan fingerprint density at radius 2 is 2.50 bits per heavy atom. The van der Waals surface area contributed by atoms with Crippen LogP contribution in [0.15, 0.2) is 0 Å². The van der Waals surface area contributed by atoms with Crippen LogP contribution in [0.4, 0.5) is 0 Å². The van der Waals surface area contributed by atoms with Gasteiger partial charge in [-0.1, -0.05) is 0 Å².